The highest BCUT2D eigenvalue weighted by molar-refractivity contribution is 7.84. The van der Waals surface area contributed by atoms with Gasteiger partial charge in [-0.05, 0) is 0 Å². The fraction of sp³-hybridized carbons (Fsp3) is 0.500. The largest absolute Gasteiger partial charge is 0.506 e. The highest BCUT2D eigenvalue weighted by atomic mass is 32.2. The van der Waals surface area contributed by atoms with E-state index in [-0.39, 0.29) is 0 Å². The third-order valence-electron chi connectivity index (χ3n) is 0.481. The van der Waals surface area contributed by atoms with E-state index < -0.39 is 22.6 Å². The van der Waals surface area contributed by atoms with Crippen molar-refractivity contribution in [2.45, 2.75) is 6.30 Å². The van der Waals surface area contributed by atoms with E-state index in [0.717, 1.165) is 4.72 Å². The van der Waals surface area contributed by atoms with Crippen molar-refractivity contribution in [3.8, 4) is 0 Å². The maximum Gasteiger partial charge on any atom is 0.506 e. The third-order valence-corrected chi connectivity index (χ3v) is 0.948. The minimum Gasteiger partial charge on any atom is -0.369 e. The van der Waals surface area contributed by atoms with Crippen molar-refractivity contribution in [1.82, 2.24) is 4.72 Å². The first-order chi connectivity index (χ1) is 5.10. The molecule has 0 saturated heterocycles. The van der Waals surface area contributed by atoms with Gasteiger partial charge in [0.2, 0.25) is 5.96 Å². The molecule has 4 N–H and O–H groups in total. The molecular formula is C2H4F3N3O3S. The van der Waals surface area contributed by atoms with Crippen LogP contribution in [0.15, 0.2) is 4.99 Å². The predicted octanol–water partition coefficient (Wildman–Crippen LogP) is -0.787. The Hall–Kier alpha value is -1.03. The van der Waals surface area contributed by atoms with E-state index in [1.54, 1.807) is 4.99 Å². The second-order valence-corrected chi connectivity index (χ2v) is 2.70. The molecular weight excluding hydrogens is 203 g/mol. The standard InChI is InChI=1S/C2H4F3N3O3S/c3-2(4,5)7-1(6)8-12(9,10)11/h(H3,6,7,8)(H,9,10,11). The van der Waals surface area contributed by atoms with E-state index in [4.69, 9.17) is 4.55 Å². The molecule has 12 heavy (non-hydrogen) atoms. The number of guanidine groups is 1. The van der Waals surface area contributed by atoms with Gasteiger partial charge in [0.1, 0.15) is 0 Å². The Morgan fingerprint density at radius 2 is 1.92 bits per heavy atom. The number of hydrogen-bond acceptors (Lipinski definition) is 3. The van der Waals surface area contributed by atoms with Crippen molar-refractivity contribution >= 4 is 16.3 Å². The van der Waals surface area contributed by atoms with Crippen LogP contribution in [-0.4, -0.2) is 25.2 Å². The molecule has 0 saturated carbocycles. The number of hydrogen-bond donors (Lipinski definition) is 3. The fourth-order valence-electron chi connectivity index (χ4n) is 0.292. The molecule has 0 radical (unpaired) electrons. The van der Waals surface area contributed by atoms with Crippen LogP contribution in [0.25, 0.3) is 0 Å². The van der Waals surface area contributed by atoms with Crippen molar-refractivity contribution in [2.24, 2.45) is 10.7 Å². The van der Waals surface area contributed by atoms with Gasteiger partial charge in [-0.25, -0.2) is 4.72 Å². The Morgan fingerprint density at radius 3 is 2.17 bits per heavy atom. The minimum atomic E-state index is -4.98. The van der Waals surface area contributed by atoms with E-state index in [2.05, 4.69) is 5.73 Å². The smallest absolute Gasteiger partial charge is 0.369 e. The first-order valence-electron chi connectivity index (χ1n) is 2.27. The van der Waals surface area contributed by atoms with Crippen molar-refractivity contribution in [2.75, 3.05) is 0 Å². The summed E-state index contributed by atoms with van der Waals surface area (Å²) >= 11 is 0. The van der Waals surface area contributed by atoms with Crippen LogP contribution < -0.4 is 10.5 Å². The van der Waals surface area contributed by atoms with E-state index in [0.29, 0.717) is 0 Å². The van der Waals surface area contributed by atoms with Crippen LogP contribution in [0.1, 0.15) is 0 Å². The molecule has 10 heteroatoms. The number of nitrogens with zero attached hydrogens (tertiary/aromatic N) is 1. The fourth-order valence-corrected chi connectivity index (χ4v) is 0.601. The van der Waals surface area contributed by atoms with Crippen LogP contribution in [-0.2, 0) is 10.3 Å². The van der Waals surface area contributed by atoms with Gasteiger partial charge in [0.15, 0.2) is 0 Å². The van der Waals surface area contributed by atoms with Gasteiger partial charge in [-0.1, -0.05) is 0 Å². The summed E-state index contributed by atoms with van der Waals surface area (Å²) in [5.74, 6) is -1.45. The lowest BCUT2D eigenvalue weighted by Gasteiger charge is -2.02. The van der Waals surface area contributed by atoms with Gasteiger partial charge in [0, 0.05) is 0 Å². The normalized spacial score (nSPS) is 14.5. The quantitative estimate of drug-likeness (QED) is 0.227. The van der Waals surface area contributed by atoms with Crippen LogP contribution in [0.2, 0.25) is 0 Å². The Labute approximate surface area is 65.1 Å². The van der Waals surface area contributed by atoms with Crippen molar-refractivity contribution < 1.29 is 26.1 Å². The lowest BCUT2D eigenvalue weighted by atomic mass is 11.0. The maximum atomic E-state index is 11.3. The van der Waals surface area contributed by atoms with Gasteiger partial charge in [0.25, 0.3) is 0 Å². The molecule has 0 aromatic heterocycles. The molecule has 0 unspecified atom stereocenters. The maximum absolute atomic E-state index is 11.3. The van der Waals surface area contributed by atoms with Crippen LogP contribution in [0.3, 0.4) is 0 Å². The second kappa shape index (κ2) is 3.15. The third kappa shape index (κ3) is 7.08. The summed E-state index contributed by atoms with van der Waals surface area (Å²) < 4.78 is 62.4. The number of halogens is 3. The van der Waals surface area contributed by atoms with Crippen molar-refractivity contribution in [1.29, 1.82) is 0 Å². The van der Waals surface area contributed by atoms with Crippen LogP contribution in [0.5, 0.6) is 0 Å². The molecule has 0 spiro atoms. The number of aliphatic imine (C=N–C) groups is 1. The molecule has 0 heterocycles. The highest BCUT2D eigenvalue weighted by Crippen LogP contribution is 2.15. The average molecular weight is 207 g/mol. The Balaban J connectivity index is 4.43. The summed E-state index contributed by atoms with van der Waals surface area (Å²) in [4.78, 5) is 1.74. The van der Waals surface area contributed by atoms with Crippen molar-refractivity contribution in [3.63, 3.8) is 0 Å². The summed E-state index contributed by atoms with van der Waals surface area (Å²) in [6, 6.07) is 0. The van der Waals surface area contributed by atoms with E-state index >= 15 is 0 Å². The lowest BCUT2D eigenvalue weighted by Crippen LogP contribution is -2.37. The zero-order valence-electron chi connectivity index (χ0n) is 5.33. The van der Waals surface area contributed by atoms with Gasteiger partial charge in [-0.3, -0.25) is 4.55 Å². The highest BCUT2D eigenvalue weighted by Gasteiger charge is 2.27. The van der Waals surface area contributed by atoms with E-state index in [9.17, 15) is 21.6 Å². The first-order valence-corrected chi connectivity index (χ1v) is 3.71. The SMILES string of the molecule is N/C(=N/C(F)(F)F)NS(=O)(=O)O. The van der Waals surface area contributed by atoms with Crippen LogP contribution in [0.4, 0.5) is 13.2 Å². The number of nitrogens with two attached hydrogens (primary N) is 1. The van der Waals surface area contributed by atoms with Crippen molar-refractivity contribution in [3.05, 3.63) is 0 Å². The molecule has 0 aromatic carbocycles. The Kier molecular flexibility index (Phi) is 2.88. The van der Waals surface area contributed by atoms with Crippen LogP contribution >= 0.6 is 0 Å². The monoisotopic (exact) mass is 207 g/mol. The molecule has 0 fully saturated rings. The van der Waals surface area contributed by atoms with Gasteiger partial charge in [-0.15, -0.1) is 18.2 Å². The predicted molar refractivity (Wildman–Crippen MR) is 32.4 cm³/mol. The molecule has 72 valence electrons. The van der Waals surface area contributed by atoms with Gasteiger partial charge < -0.3 is 5.73 Å². The molecule has 6 nitrogen and oxygen atoms in total. The number of nitrogens with one attached hydrogen (secondary N) is 1. The summed E-state index contributed by atoms with van der Waals surface area (Å²) in [5, 5.41) is 0. The zero-order chi connectivity index (χ0) is 9.99. The summed E-state index contributed by atoms with van der Waals surface area (Å²) in [6.45, 7) is 0. The molecule has 0 amide bonds. The molecule has 0 aliphatic heterocycles. The summed E-state index contributed by atoms with van der Waals surface area (Å²) in [5.41, 5.74) is 4.43. The van der Waals surface area contributed by atoms with Gasteiger partial charge in [-0.2, -0.15) is 8.42 Å². The minimum absolute atomic E-state index is 0.911. The zero-order valence-corrected chi connectivity index (χ0v) is 6.15. The van der Waals surface area contributed by atoms with Gasteiger partial charge >= 0.3 is 16.6 Å². The number of alkyl halides is 3. The summed E-state index contributed by atoms with van der Waals surface area (Å²) in [6.07, 6.45) is -4.98. The second-order valence-electron chi connectivity index (χ2n) is 1.54. The Bertz CT molecular complexity index is 280. The molecule has 0 aliphatic rings. The molecule has 0 atom stereocenters. The average Bonchev–Trinajstić information content (AvgIpc) is 1.49. The number of rotatable bonds is 1. The first kappa shape index (κ1) is 11.0. The van der Waals surface area contributed by atoms with Crippen LogP contribution in [0, 0.1) is 0 Å². The lowest BCUT2D eigenvalue weighted by molar-refractivity contribution is -0.119. The summed E-state index contributed by atoms with van der Waals surface area (Å²) in [7, 11) is -4.80. The topological polar surface area (TPSA) is 105 Å². The molecule has 0 aromatic rings. The van der Waals surface area contributed by atoms with E-state index in [1.165, 1.54) is 0 Å². The molecule has 0 aliphatic carbocycles. The van der Waals surface area contributed by atoms with Gasteiger partial charge in [0.05, 0.1) is 0 Å². The van der Waals surface area contributed by atoms with E-state index in [1.807, 2.05) is 0 Å². The molecule has 0 bridgehead atoms. The Morgan fingerprint density at radius 1 is 1.50 bits per heavy atom. The molecule has 0 rings (SSSR count).